The fourth-order valence-corrected chi connectivity index (χ4v) is 3.27. The molecule has 0 aliphatic rings. The first-order chi connectivity index (χ1) is 12.4. The van der Waals surface area contributed by atoms with Crippen LogP contribution in [0.1, 0.15) is 55.7 Å². The molecule has 6 heteroatoms. The van der Waals surface area contributed by atoms with Gasteiger partial charge in [0, 0.05) is 30.3 Å². The van der Waals surface area contributed by atoms with Crippen molar-refractivity contribution < 1.29 is 8.78 Å². The molecule has 1 aromatic carbocycles. The highest BCUT2D eigenvalue weighted by Gasteiger charge is 2.23. The molecule has 0 aliphatic heterocycles. The van der Waals surface area contributed by atoms with Crippen molar-refractivity contribution >= 4 is 28.8 Å². The number of hydrogen-bond acceptors (Lipinski definition) is 2. The molecule has 0 amide bonds. The molecule has 3 nitrogen and oxygen atoms in total. The minimum absolute atomic E-state index is 0.0377. The summed E-state index contributed by atoms with van der Waals surface area (Å²) >= 11 is 2.15. The van der Waals surface area contributed by atoms with Crippen molar-refractivity contribution in [3.63, 3.8) is 0 Å². The molecule has 1 N–H and O–H groups in total. The lowest BCUT2D eigenvalue weighted by Gasteiger charge is -2.23. The molecule has 0 fully saturated rings. The maximum absolute atomic E-state index is 13.7. The average molecular weight is 475 g/mol. The molecule has 0 spiro atoms. The molecule has 2 aromatic rings. The largest absolute Gasteiger partial charge is 0.313 e. The number of aromatic nitrogens is 2. The van der Waals surface area contributed by atoms with Crippen molar-refractivity contribution in [2.45, 2.75) is 46.0 Å². The van der Waals surface area contributed by atoms with Gasteiger partial charge in [-0.05, 0) is 53.2 Å². The first-order valence-corrected chi connectivity index (χ1v) is 10.8. The SMILES string of the molecule is CCCC(C=N)C(C)c1cc(C(F)F)c(-c2cnn(C)c2)cc1C.CI. The molecule has 2 atom stereocenters. The van der Waals surface area contributed by atoms with Crippen LogP contribution in [0.5, 0.6) is 0 Å². The average Bonchev–Trinajstić information content (AvgIpc) is 3.06. The molecule has 144 valence electrons. The molecule has 0 saturated carbocycles. The van der Waals surface area contributed by atoms with Gasteiger partial charge < -0.3 is 5.41 Å². The van der Waals surface area contributed by atoms with Crippen LogP contribution in [-0.4, -0.2) is 20.9 Å². The molecule has 2 rings (SSSR count). The van der Waals surface area contributed by atoms with E-state index in [4.69, 9.17) is 5.41 Å². The third kappa shape index (κ3) is 5.34. The Bertz CT molecular complexity index is 713. The molecular formula is C20H28F2IN3. The van der Waals surface area contributed by atoms with Gasteiger partial charge in [0.1, 0.15) is 0 Å². The second-order valence-corrected chi connectivity index (χ2v) is 6.41. The van der Waals surface area contributed by atoms with Crippen LogP contribution < -0.4 is 0 Å². The predicted octanol–water partition coefficient (Wildman–Crippen LogP) is 6.55. The van der Waals surface area contributed by atoms with Crippen LogP contribution in [0, 0.1) is 18.3 Å². The van der Waals surface area contributed by atoms with E-state index in [0.717, 1.165) is 24.0 Å². The van der Waals surface area contributed by atoms with E-state index in [9.17, 15) is 8.78 Å². The topological polar surface area (TPSA) is 41.7 Å². The van der Waals surface area contributed by atoms with Gasteiger partial charge in [-0.25, -0.2) is 8.78 Å². The van der Waals surface area contributed by atoms with Crippen LogP contribution in [0.25, 0.3) is 11.1 Å². The van der Waals surface area contributed by atoms with E-state index in [1.807, 2.05) is 24.8 Å². The van der Waals surface area contributed by atoms with Crippen LogP contribution >= 0.6 is 22.6 Å². The Hall–Kier alpha value is -1.31. The molecule has 0 aliphatic carbocycles. The van der Waals surface area contributed by atoms with E-state index in [2.05, 4.69) is 34.6 Å². The first-order valence-electron chi connectivity index (χ1n) is 8.69. The Labute approximate surface area is 168 Å². The van der Waals surface area contributed by atoms with Gasteiger partial charge in [-0.1, -0.05) is 48.9 Å². The lowest BCUT2D eigenvalue weighted by Crippen LogP contribution is -2.13. The van der Waals surface area contributed by atoms with Gasteiger partial charge in [-0.3, -0.25) is 4.68 Å². The zero-order chi connectivity index (χ0) is 19.9. The molecule has 1 heterocycles. The third-order valence-corrected chi connectivity index (χ3v) is 4.66. The summed E-state index contributed by atoms with van der Waals surface area (Å²) in [7, 11) is 1.77. The number of rotatable bonds is 7. The van der Waals surface area contributed by atoms with E-state index < -0.39 is 6.43 Å². The maximum atomic E-state index is 13.7. The second kappa shape index (κ2) is 10.7. The van der Waals surface area contributed by atoms with Crippen LogP contribution in [-0.2, 0) is 7.05 Å². The lowest BCUT2D eigenvalue weighted by molar-refractivity contribution is 0.152. The molecule has 26 heavy (non-hydrogen) atoms. The number of aryl methyl sites for hydroxylation is 2. The fourth-order valence-electron chi connectivity index (χ4n) is 3.27. The molecule has 0 radical (unpaired) electrons. The highest BCUT2D eigenvalue weighted by molar-refractivity contribution is 14.1. The summed E-state index contributed by atoms with van der Waals surface area (Å²) in [6, 6.07) is 3.45. The van der Waals surface area contributed by atoms with Crippen molar-refractivity contribution in [3.05, 3.63) is 41.2 Å². The predicted molar refractivity (Wildman–Crippen MR) is 114 cm³/mol. The smallest absolute Gasteiger partial charge is 0.264 e. The Morgan fingerprint density at radius 3 is 2.38 bits per heavy atom. The van der Waals surface area contributed by atoms with E-state index >= 15 is 0 Å². The monoisotopic (exact) mass is 475 g/mol. The van der Waals surface area contributed by atoms with Gasteiger partial charge in [0.25, 0.3) is 6.43 Å². The number of hydrogen-bond donors (Lipinski definition) is 1. The fraction of sp³-hybridized carbons (Fsp3) is 0.500. The van der Waals surface area contributed by atoms with Gasteiger partial charge >= 0.3 is 0 Å². The Balaban J connectivity index is 0.00000163. The molecule has 1 aromatic heterocycles. The van der Waals surface area contributed by atoms with Crippen LogP contribution in [0.4, 0.5) is 8.78 Å². The summed E-state index contributed by atoms with van der Waals surface area (Å²) in [5.41, 5.74) is 3.16. The van der Waals surface area contributed by atoms with Crippen LogP contribution in [0.2, 0.25) is 0 Å². The van der Waals surface area contributed by atoms with Gasteiger partial charge in [0.15, 0.2) is 0 Å². The quantitative estimate of drug-likeness (QED) is 0.275. The molecular weight excluding hydrogens is 447 g/mol. The summed E-state index contributed by atoms with van der Waals surface area (Å²) in [5.74, 6) is 0.117. The summed E-state index contributed by atoms with van der Waals surface area (Å²) in [6.07, 6.45) is 4.13. The second-order valence-electron chi connectivity index (χ2n) is 6.41. The van der Waals surface area contributed by atoms with Crippen LogP contribution in [0.15, 0.2) is 24.5 Å². The van der Waals surface area contributed by atoms with Crippen molar-refractivity contribution in [1.82, 2.24) is 9.78 Å². The standard InChI is InChI=1S/C19H25F2N3.CH3I/c1-5-6-14(9-22)13(3)16-8-18(19(20)21)17(7-12(16)2)15-10-23-24(4)11-15;1-2/h7-11,13-14,19,22H,5-6H2,1-4H3;1H3. The van der Waals surface area contributed by atoms with E-state index in [1.165, 1.54) is 6.21 Å². The molecule has 2 unspecified atom stereocenters. The van der Waals surface area contributed by atoms with Gasteiger partial charge in [0.2, 0.25) is 0 Å². The van der Waals surface area contributed by atoms with Gasteiger partial charge in [0.05, 0.1) is 6.20 Å². The van der Waals surface area contributed by atoms with Crippen molar-refractivity contribution in [2.75, 3.05) is 4.93 Å². The summed E-state index contributed by atoms with van der Waals surface area (Å²) in [4.78, 5) is 1.97. The lowest BCUT2D eigenvalue weighted by atomic mass is 9.81. The molecule has 0 bridgehead atoms. The summed E-state index contributed by atoms with van der Waals surface area (Å²) in [6.45, 7) is 6.05. The third-order valence-electron chi connectivity index (χ3n) is 4.66. The van der Waals surface area contributed by atoms with Crippen molar-refractivity contribution in [1.29, 1.82) is 5.41 Å². The van der Waals surface area contributed by atoms with Crippen LogP contribution in [0.3, 0.4) is 0 Å². The van der Waals surface area contributed by atoms with E-state index in [0.29, 0.717) is 11.1 Å². The molecule has 0 saturated heterocycles. The number of nitrogens with zero attached hydrogens (tertiary/aromatic N) is 2. The van der Waals surface area contributed by atoms with Gasteiger partial charge in [-0.15, -0.1) is 0 Å². The maximum Gasteiger partial charge on any atom is 0.264 e. The van der Waals surface area contributed by atoms with Crippen molar-refractivity contribution in [2.24, 2.45) is 13.0 Å². The zero-order valence-corrected chi connectivity index (χ0v) is 18.2. The Morgan fingerprint density at radius 2 is 1.92 bits per heavy atom. The Kier molecular flexibility index (Phi) is 9.39. The number of halogens is 3. The normalized spacial score (nSPS) is 13.1. The van der Waals surface area contributed by atoms with E-state index in [1.54, 1.807) is 30.2 Å². The number of alkyl halides is 3. The summed E-state index contributed by atoms with van der Waals surface area (Å²) < 4.78 is 28.9. The Morgan fingerprint density at radius 1 is 1.27 bits per heavy atom. The van der Waals surface area contributed by atoms with E-state index in [-0.39, 0.29) is 17.4 Å². The van der Waals surface area contributed by atoms with Crippen molar-refractivity contribution in [3.8, 4) is 11.1 Å². The summed E-state index contributed by atoms with van der Waals surface area (Å²) in [5, 5.41) is 11.7. The number of benzene rings is 1. The minimum Gasteiger partial charge on any atom is -0.313 e. The zero-order valence-electron chi connectivity index (χ0n) is 16.1. The number of nitrogens with one attached hydrogen (secondary N) is 1. The minimum atomic E-state index is -2.55. The highest BCUT2D eigenvalue weighted by atomic mass is 127. The first kappa shape index (κ1) is 22.7. The van der Waals surface area contributed by atoms with Gasteiger partial charge in [-0.2, -0.15) is 5.10 Å². The highest BCUT2D eigenvalue weighted by Crippen LogP contribution is 2.37.